The van der Waals surface area contributed by atoms with Gasteiger partial charge < -0.3 is 14.8 Å². The van der Waals surface area contributed by atoms with Crippen LogP contribution in [0.2, 0.25) is 0 Å². The Labute approximate surface area is 104 Å². The van der Waals surface area contributed by atoms with E-state index in [4.69, 9.17) is 9.47 Å². The molecule has 1 aromatic rings. The first-order valence-electron chi connectivity index (χ1n) is 5.49. The zero-order valence-electron chi connectivity index (χ0n) is 10.5. The van der Waals surface area contributed by atoms with Crippen molar-refractivity contribution in [3.05, 3.63) is 35.1 Å². The van der Waals surface area contributed by atoms with Gasteiger partial charge in [-0.25, -0.2) is 13.2 Å². The van der Waals surface area contributed by atoms with Gasteiger partial charge in [0.2, 0.25) is 0 Å². The molecule has 0 aliphatic rings. The molecule has 0 saturated carbocycles. The number of hydrogen-bond acceptors (Lipinski definition) is 3. The number of nitrogens with one attached hydrogen (secondary N) is 1. The van der Waals surface area contributed by atoms with Gasteiger partial charge in [0.15, 0.2) is 23.7 Å². The minimum atomic E-state index is -1.50. The van der Waals surface area contributed by atoms with Crippen LogP contribution in [0.5, 0.6) is 0 Å². The summed E-state index contributed by atoms with van der Waals surface area (Å²) in [5.41, 5.74) is -0.0375. The average Bonchev–Trinajstić information content (AvgIpc) is 2.37. The largest absolute Gasteiger partial charge is 0.354 e. The molecule has 102 valence electrons. The molecule has 3 nitrogen and oxygen atoms in total. The third kappa shape index (κ3) is 3.01. The van der Waals surface area contributed by atoms with E-state index >= 15 is 0 Å². The lowest BCUT2D eigenvalue weighted by Gasteiger charge is -2.26. The van der Waals surface area contributed by atoms with Crippen molar-refractivity contribution in [2.24, 2.45) is 0 Å². The van der Waals surface area contributed by atoms with Gasteiger partial charge in [0.05, 0.1) is 6.04 Å². The number of benzene rings is 1. The molecule has 6 heteroatoms. The van der Waals surface area contributed by atoms with Crippen LogP contribution in [-0.2, 0) is 9.47 Å². The molecule has 18 heavy (non-hydrogen) atoms. The van der Waals surface area contributed by atoms with Crippen molar-refractivity contribution < 1.29 is 22.6 Å². The standard InChI is InChI=1S/C12H16F3NO2/c1-4-16-11(12(17-2)18-3)7-5-6-8(13)10(15)9(7)14/h5-6,11-12,16H,4H2,1-3H3. The molecule has 0 amide bonds. The van der Waals surface area contributed by atoms with Crippen LogP contribution in [0.1, 0.15) is 18.5 Å². The fraction of sp³-hybridized carbons (Fsp3) is 0.500. The Morgan fingerprint density at radius 2 is 1.72 bits per heavy atom. The summed E-state index contributed by atoms with van der Waals surface area (Å²) in [7, 11) is 2.77. The van der Waals surface area contributed by atoms with Crippen molar-refractivity contribution in [1.29, 1.82) is 0 Å². The molecule has 0 radical (unpaired) electrons. The summed E-state index contributed by atoms with van der Waals surface area (Å²) < 4.78 is 49.8. The Bertz CT molecular complexity index is 397. The van der Waals surface area contributed by atoms with E-state index in [2.05, 4.69) is 5.32 Å². The Hall–Kier alpha value is -1.11. The summed E-state index contributed by atoms with van der Waals surface area (Å²) >= 11 is 0. The van der Waals surface area contributed by atoms with Crippen LogP contribution in [0.3, 0.4) is 0 Å². The van der Waals surface area contributed by atoms with E-state index in [1.807, 2.05) is 0 Å². The van der Waals surface area contributed by atoms with E-state index in [-0.39, 0.29) is 5.56 Å². The Kier molecular flexibility index (Phi) is 5.58. The molecule has 1 aromatic carbocycles. The molecule has 1 unspecified atom stereocenters. The van der Waals surface area contributed by atoms with E-state index in [0.717, 1.165) is 6.07 Å². The maximum absolute atomic E-state index is 13.7. The van der Waals surface area contributed by atoms with Crippen LogP contribution in [0, 0.1) is 17.5 Å². The lowest BCUT2D eigenvalue weighted by molar-refractivity contribution is -0.124. The SMILES string of the molecule is CCNC(c1ccc(F)c(F)c1F)C(OC)OC. The van der Waals surface area contributed by atoms with Gasteiger partial charge in [-0.05, 0) is 12.6 Å². The lowest BCUT2D eigenvalue weighted by Crippen LogP contribution is -2.35. The molecule has 1 N–H and O–H groups in total. The maximum atomic E-state index is 13.7. The highest BCUT2D eigenvalue weighted by Gasteiger charge is 2.27. The second kappa shape index (κ2) is 6.72. The highest BCUT2D eigenvalue weighted by molar-refractivity contribution is 5.24. The summed E-state index contributed by atoms with van der Waals surface area (Å²) in [4.78, 5) is 0. The highest BCUT2D eigenvalue weighted by Crippen LogP contribution is 2.25. The summed E-state index contributed by atoms with van der Waals surface area (Å²) in [5.74, 6) is -3.96. The number of likely N-dealkylation sites (N-methyl/N-ethyl adjacent to an activating group) is 1. The molecule has 0 aliphatic heterocycles. The van der Waals surface area contributed by atoms with Crippen molar-refractivity contribution in [3.63, 3.8) is 0 Å². The number of methoxy groups -OCH3 is 2. The Morgan fingerprint density at radius 1 is 1.11 bits per heavy atom. The number of halogens is 3. The molecule has 1 rings (SSSR count). The quantitative estimate of drug-likeness (QED) is 0.631. The topological polar surface area (TPSA) is 30.5 Å². The van der Waals surface area contributed by atoms with E-state index in [1.54, 1.807) is 6.92 Å². The Morgan fingerprint density at radius 3 is 2.22 bits per heavy atom. The van der Waals surface area contributed by atoms with Crippen LogP contribution < -0.4 is 5.32 Å². The van der Waals surface area contributed by atoms with Crippen LogP contribution >= 0.6 is 0 Å². The molecule has 0 aromatic heterocycles. The molecule has 0 heterocycles. The molecular weight excluding hydrogens is 247 g/mol. The van der Waals surface area contributed by atoms with Crippen LogP contribution in [-0.4, -0.2) is 27.1 Å². The smallest absolute Gasteiger partial charge is 0.194 e. The minimum Gasteiger partial charge on any atom is -0.354 e. The first kappa shape index (κ1) is 14.9. The van der Waals surface area contributed by atoms with E-state index < -0.39 is 29.8 Å². The number of ether oxygens (including phenoxy) is 2. The molecule has 1 atom stereocenters. The molecule has 0 fully saturated rings. The van der Waals surface area contributed by atoms with Gasteiger partial charge in [-0.3, -0.25) is 0 Å². The predicted octanol–water partition coefficient (Wildman–Crippen LogP) is 2.37. The van der Waals surface area contributed by atoms with E-state index in [1.165, 1.54) is 20.3 Å². The van der Waals surface area contributed by atoms with Crippen LogP contribution in [0.15, 0.2) is 12.1 Å². The van der Waals surface area contributed by atoms with E-state index in [9.17, 15) is 13.2 Å². The van der Waals surface area contributed by atoms with Gasteiger partial charge in [0.1, 0.15) is 0 Å². The summed E-state index contributed by atoms with van der Waals surface area (Å²) in [6.45, 7) is 2.29. The summed E-state index contributed by atoms with van der Waals surface area (Å²) in [5, 5.41) is 2.91. The third-order valence-electron chi connectivity index (χ3n) is 2.56. The number of rotatable bonds is 6. The first-order chi connectivity index (χ1) is 8.56. The monoisotopic (exact) mass is 263 g/mol. The molecule has 0 spiro atoms. The van der Waals surface area contributed by atoms with Crippen molar-refractivity contribution in [2.45, 2.75) is 19.3 Å². The molecule has 0 aliphatic carbocycles. The first-order valence-corrected chi connectivity index (χ1v) is 5.49. The van der Waals surface area contributed by atoms with Crippen molar-refractivity contribution in [3.8, 4) is 0 Å². The second-order valence-electron chi connectivity index (χ2n) is 3.64. The third-order valence-corrected chi connectivity index (χ3v) is 2.56. The fourth-order valence-electron chi connectivity index (χ4n) is 1.72. The van der Waals surface area contributed by atoms with Gasteiger partial charge in [-0.15, -0.1) is 0 Å². The summed E-state index contributed by atoms with van der Waals surface area (Å²) in [6, 6.07) is 1.33. The minimum absolute atomic E-state index is 0.0375. The van der Waals surface area contributed by atoms with Crippen molar-refractivity contribution >= 4 is 0 Å². The summed E-state index contributed by atoms with van der Waals surface area (Å²) in [6.07, 6.45) is -0.802. The fourth-order valence-corrected chi connectivity index (χ4v) is 1.72. The maximum Gasteiger partial charge on any atom is 0.194 e. The zero-order chi connectivity index (χ0) is 13.7. The van der Waals surface area contributed by atoms with Gasteiger partial charge in [-0.2, -0.15) is 0 Å². The average molecular weight is 263 g/mol. The lowest BCUT2D eigenvalue weighted by atomic mass is 10.0. The molecule has 0 bridgehead atoms. The van der Waals surface area contributed by atoms with Crippen LogP contribution in [0.25, 0.3) is 0 Å². The predicted molar refractivity (Wildman–Crippen MR) is 60.5 cm³/mol. The van der Waals surface area contributed by atoms with E-state index in [0.29, 0.717) is 6.54 Å². The molecule has 0 saturated heterocycles. The highest BCUT2D eigenvalue weighted by atomic mass is 19.2. The van der Waals surface area contributed by atoms with Crippen LogP contribution in [0.4, 0.5) is 13.2 Å². The normalized spacial score (nSPS) is 13.1. The van der Waals surface area contributed by atoms with Crippen molar-refractivity contribution in [1.82, 2.24) is 5.32 Å². The zero-order valence-corrected chi connectivity index (χ0v) is 10.5. The Balaban J connectivity index is 3.17. The van der Waals surface area contributed by atoms with Gasteiger partial charge in [0, 0.05) is 19.8 Å². The second-order valence-corrected chi connectivity index (χ2v) is 3.64. The molecular formula is C12H16F3NO2. The van der Waals surface area contributed by atoms with Gasteiger partial charge in [-0.1, -0.05) is 13.0 Å². The van der Waals surface area contributed by atoms with Gasteiger partial charge >= 0.3 is 0 Å². The number of hydrogen-bond donors (Lipinski definition) is 1. The van der Waals surface area contributed by atoms with Gasteiger partial charge in [0.25, 0.3) is 0 Å². The van der Waals surface area contributed by atoms with Crippen molar-refractivity contribution in [2.75, 3.05) is 20.8 Å².